The lowest BCUT2D eigenvalue weighted by Gasteiger charge is -2.03. The fourth-order valence-corrected chi connectivity index (χ4v) is 1.45. The average molecular weight is 190 g/mol. The molecule has 1 rings (SSSR count). The molecule has 3 nitrogen and oxygen atoms in total. The monoisotopic (exact) mass is 190 g/mol. The Balaban J connectivity index is 3.41. The predicted molar refractivity (Wildman–Crippen MR) is 58.8 cm³/mol. The van der Waals surface area contributed by atoms with Gasteiger partial charge in [-0.05, 0) is 31.9 Å². The van der Waals surface area contributed by atoms with Gasteiger partial charge >= 0.3 is 0 Å². The third-order valence-electron chi connectivity index (χ3n) is 2.05. The van der Waals surface area contributed by atoms with Crippen molar-refractivity contribution < 1.29 is 4.79 Å². The molecule has 0 unspecified atom stereocenters. The molecule has 0 aromatic carbocycles. The van der Waals surface area contributed by atoms with Crippen molar-refractivity contribution in [2.24, 2.45) is 5.10 Å². The van der Waals surface area contributed by atoms with Crippen molar-refractivity contribution in [3.63, 3.8) is 0 Å². The molecule has 0 aliphatic heterocycles. The molecule has 0 saturated heterocycles. The van der Waals surface area contributed by atoms with Crippen LogP contribution < -0.4 is 0 Å². The van der Waals surface area contributed by atoms with E-state index in [2.05, 4.69) is 11.7 Å². The second-order valence-corrected chi connectivity index (χ2v) is 3.17. The molecule has 14 heavy (non-hydrogen) atoms. The van der Waals surface area contributed by atoms with Crippen LogP contribution in [0.4, 0.5) is 0 Å². The number of hydrogen-bond acceptors (Lipinski definition) is 2. The van der Waals surface area contributed by atoms with Gasteiger partial charge in [-0.2, -0.15) is 5.10 Å². The van der Waals surface area contributed by atoms with Gasteiger partial charge < -0.3 is 0 Å². The van der Waals surface area contributed by atoms with Gasteiger partial charge in [0.15, 0.2) is 6.29 Å². The minimum Gasteiger partial charge on any atom is -0.298 e. The maximum absolute atomic E-state index is 10.7. The minimum absolute atomic E-state index is 0.661. The van der Waals surface area contributed by atoms with Crippen LogP contribution in [0.25, 0.3) is 5.57 Å². The van der Waals surface area contributed by atoms with Crippen LogP contribution >= 0.6 is 0 Å². The maximum Gasteiger partial charge on any atom is 0.151 e. The molecule has 0 aliphatic rings. The molecular formula is C11H14N2O. The number of aldehydes is 1. The Kier molecular flexibility index (Phi) is 3.02. The first kappa shape index (κ1) is 10.4. The summed E-state index contributed by atoms with van der Waals surface area (Å²) in [5, 5.41) is 4.13. The highest BCUT2D eigenvalue weighted by atomic mass is 16.1. The van der Waals surface area contributed by atoms with Crippen molar-refractivity contribution in [1.29, 1.82) is 0 Å². The van der Waals surface area contributed by atoms with Gasteiger partial charge in [0.2, 0.25) is 0 Å². The molecule has 0 spiro atoms. The SMILES string of the molecule is C=C(C)c1c(C)c(C=O)cn1/N=C\C. The van der Waals surface area contributed by atoms with Crippen molar-refractivity contribution in [2.45, 2.75) is 20.8 Å². The van der Waals surface area contributed by atoms with Gasteiger partial charge in [-0.3, -0.25) is 4.79 Å². The van der Waals surface area contributed by atoms with Crippen LogP contribution in [0.2, 0.25) is 0 Å². The molecule has 0 atom stereocenters. The van der Waals surface area contributed by atoms with Crippen LogP contribution in [0.1, 0.15) is 35.5 Å². The highest BCUT2D eigenvalue weighted by Gasteiger charge is 2.11. The lowest BCUT2D eigenvalue weighted by Crippen LogP contribution is -1.93. The molecule has 74 valence electrons. The molecular weight excluding hydrogens is 176 g/mol. The maximum atomic E-state index is 10.7. The Bertz CT molecular complexity index is 400. The fourth-order valence-electron chi connectivity index (χ4n) is 1.45. The van der Waals surface area contributed by atoms with Crippen LogP contribution in [-0.2, 0) is 0 Å². The summed E-state index contributed by atoms with van der Waals surface area (Å²) in [5.74, 6) is 0. The van der Waals surface area contributed by atoms with Gasteiger partial charge in [-0.25, -0.2) is 4.68 Å². The quantitative estimate of drug-likeness (QED) is 0.532. The standard InChI is InChI=1S/C11H14N2O/c1-5-12-13-6-10(7-14)9(4)11(13)8(2)3/h5-7H,2H2,1,3-4H3/b12-5-. The third kappa shape index (κ3) is 1.66. The van der Waals surface area contributed by atoms with E-state index in [-0.39, 0.29) is 0 Å². The van der Waals surface area contributed by atoms with Crippen LogP contribution in [-0.4, -0.2) is 17.2 Å². The van der Waals surface area contributed by atoms with Crippen LogP contribution in [0.15, 0.2) is 17.9 Å². The van der Waals surface area contributed by atoms with E-state index in [4.69, 9.17) is 0 Å². The molecule has 0 fully saturated rings. The van der Waals surface area contributed by atoms with E-state index in [1.807, 2.05) is 20.8 Å². The number of nitrogens with zero attached hydrogens (tertiary/aromatic N) is 2. The van der Waals surface area contributed by atoms with Gasteiger partial charge in [-0.15, -0.1) is 0 Å². The molecule has 3 heteroatoms. The summed E-state index contributed by atoms with van der Waals surface area (Å²) in [5.41, 5.74) is 3.40. The Morgan fingerprint density at radius 1 is 1.64 bits per heavy atom. The van der Waals surface area contributed by atoms with E-state index in [1.54, 1.807) is 17.1 Å². The summed E-state index contributed by atoms with van der Waals surface area (Å²) in [7, 11) is 0. The number of carbonyl (C=O) groups excluding carboxylic acids is 1. The fraction of sp³-hybridized carbons (Fsp3) is 0.273. The zero-order valence-corrected chi connectivity index (χ0v) is 8.74. The smallest absolute Gasteiger partial charge is 0.151 e. The van der Waals surface area contributed by atoms with Gasteiger partial charge in [0.05, 0.1) is 5.69 Å². The second-order valence-electron chi connectivity index (χ2n) is 3.17. The number of hydrogen-bond donors (Lipinski definition) is 0. The Morgan fingerprint density at radius 2 is 2.29 bits per heavy atom. The average Bonchev–Trinajstić information content (AvgIpc) is 2.43. The largest absolute Gasteiger partial charge is 0.298 e. The summed E-state index contributed by atoms with van der Waals surface area (Å²) < 4.78 is 1.68. The van der Waals surface area contributed by atoms with E-state index in [0.29, 0.717) is 5.56 Å². The lowest BCUT2D eigenvalue weighted by molar-refractivity contribution is 0.112. The predicted octanol–water partition coefficient (Wildman–Crippen LogP) is 2.50. The van der Waals surface area contributed by atoms with Crippen molar-refractivity contribution >= 4 is 18.1 Å². The number of aromatic nitrogens is 1. The van der Waals surface area contributed by atoms with Crippen molar-refractivity contribution in [1.82, 2.24) is 4.68 Å². The summed E-state index contributed by atoms with van der Waals surface area (Å²) in [6.45, 7) is 9.50. The van der Waals surface area contributed by atoms with E-state index < -0.39 is 0 Å². The zero-order chi connectivity index (χ0) is 10.7. The van der Waals surface area contributed by atoms with E-state index in [1.165, 1.54) is 0 Å². The van der Waals surface area contributed by atoms with Crippen molar-refractivity contribution in [3.8, 4) is 0 Å². The molecule has 0 radical (unpaired) electrons. The first-order chi connectivity index (χ1) is 6.61. The summed E-state index contributed by atoms with van der Waals surface area (Å²) >= 11 is 0. The van der Waals surface area contributed by atoms with E-state index >= 15 is 0 Å². The second kappa shape index (κ2) is 4.05. The highest BCUT2D eigenvalue weighted by molar-refractivity contribution is 5.81. The van der Waals surface area contributed by atoms with Crippen molar-refractivity contribution in [3.05, 3.63) is 29.6 Å². The normalized spacial score (nSPS) is 10.8. The molecule has 1 aromatic heterocycles. The first-order valence-electron chi connectivity index (χ1n) is 4.43. The molecule has 1 heterocycles. The Morgan fingerprint density at radius 3 is 2.71 bits per heavy atom. The van der Waals surface area contributed by atoms with Gasteiger partial charge in [0, 0.05) is 18.0 Å². The third-order valence-corrected chi connectivity index (χ3v) is 2.05. The number of rotatable bonds is 3. The van der Waals surface area contributed by atoms with Crippen molar-refractivity contribution in [2.75, 3.05) is 0 Å². The number of carbonyl (C=O) groups is 1. The van der Waals surface area contributed by atoms with E-state index in [9.17, 15) is 4.79 Å². The minimum atomic E-state index is 0.661. The van der Waals surface area contributed by atoms with E-state index in [0.717, 1.165) is 23.1 Å². The molecule has 1 aromatic rings. The lowest BCUT2D eigenvalue weighted by atomic mass is 10.1. The molecule has 0 aliphatic carbocycles. The zero-order valence-electron chi connectivity index (χ0n) is 8.74. The van der Waals surface area contributed by atoms with Gasteiger partial charge in [-0.1, -0.05) is 6.58 Å². The van der Waals surface area contributed by atoms with Crippen LogP contribution in [0.5, 0.6) is 0 Å². The molecule has 0 amide bonds. The molecule has 0 saturated carbocycles. The highest BCUT2D eigenvalue weighted by Crippen LogP contribution is 2.21. The summed E-state index contributed by atoms with van der Waals surface area (Å²) in [4.78, 5) is 10.7. The Labute approximate surface area is 83.7 Å². The van der Waals surface area contributed by atoms with Gasteiger partial charge in [0.1, 0.15) is 0 Å². The van der Waals surface area contributed by atoms with Gasteiger partial charge in [0.25, 0.3) is 0 Å². The van der Waals surface area contributed by atoms with Crippen LogP contribution in [0, 0.1) is 6.92 Å². The topological polar surface area (TPSA) is 34.4 Å². The summed E-state index contributed by atoms with van der Waals surface area (Å²) in [6, 6.07) is 0. The molecule has 0 N–H and O–H groups in total. The molecule has 0 bridgehead atoms. The van der Waals surface area contributed by atoms with Crippen LogP contribution in [0.3, 0.4) is 0 Å². The number of allylic oxidation sites excluding steroid dienone is 1. The summed E-state index contributed by atoms with van der Waals surface area (Å²) in [6.07, 6.45) is 4.23. The Hall–Kier alpha value is -1.64. The first-order valence-corrected chi connectivity index (χ1v) is 4.43.